The van der Waals surface area contributed by atoms with Crippen LogP contribution in [0.25, 0.3) is 5.57 Å². The average molecular weight is 424 g/mol. The number of imide groups is 1. The fourth-order valence-electron chi connectivity index (χ4n) is 3.29. The summed E-state index contributed by atoms with van der Waals surface area (Å²) < 4.78 is 5.65. The molecule has 3 rings (SSSR count). The summed E-state index contributed by atoms with van der Waals surface area (Å²) in [7, 11) is 0. The molecule has 0 fully saturated rings. The van der Waals surface area contributed by atoms with E-state index in [9.17, 15) is 9.59 Å². The predicted octanol–water partition coefficient (Wildman–Crippen LogP) is 6.02. The van der Waals surface area contributed by atoms with Gasteiger partial charge in [-0.05, 0) is 47.7 Å². The molecule has 5 heteroatoms. The Balaban J connectivity index is 1.97. The van der Waals surface area contributed by atoms with Crippen LogP contribution >= 0.6 is 11.8 Å². The van der Waals surface area contributed by atoms with Crippen LogP contribution in [-0.2, 0) is 9.59 Å². The molecule has 0 saturated heterocycles. The molecule has 30 heavy (non-hydrogen) atoms. The van der Waals surface area contributed by atoms with Gasteiger partial charge in [-0.2, -0.15) is 0 Å². The maximum atomic E-state index is 13.4. The van der Waals surface area contributed by atoms with Crippen molar-refractivity contribution in [1.82, 2.24) is 0 Å². The van der Waals surface area contributed by atoms with E-state index in [1.165, 1.54) is 22.2 Å². The number of carbonyl (C=O) groups excluding carboxylic acids is 2. The molecule has 1 aliphatic heterocycles. The van der Waals surface area contributed by atoms with Crippen LogP contribution in [0.4, 0.5) is 5.69 Å². The summed E-state index contributed by atoms with van der Waals surface area (Å²) in [5.74, 6) is 0.621. The Hall–Kier alpha value is -2.53. The van der Waals surface area contributed by atoms with Crippen LogP contribution in [0.1, 0.15) is 58.1 Å². The molecule has 4 nitrogen and oxygen atoms in total. The van der Waals surface area contributed by atoms with Gasteiger partial charge in [0.1, 0.15) is 5.75 Å². The van der Waals surface area contributed by atoms with Crippen molar-refractivity contribution in [2.75, 3.05) is 11.5 Å². The van der Waals surface area contributed by atoms with Crippen molar-refractivity contribution < 1.29 is 14.3 Å². The highest BCUT2D eigenvalue weighted by Crippen LogP contribution is 2.40. The molecule has 0 N–H and O–H groups in total. The van der Waals surface area contributed by atoms with Crippen molar-refractivity contribution in [3.8, 4) is 5.75 Å². The van der Waals surface area contributed by atoms with Crippen molar-refractivity contribution >= 4 is 34.8 Å². The van der Waals surface area contributed by atoms with Crippen LogP contribution in [0, 0.1) is 0 Å². The van der Waals surface area contributed by atoms with Crippen molar-refractivity contribution in [2.45, 2.75) is 52.2 Å². The Morgan fingerprint density at radius 2 is 1.53 bits per heavy atom. The minimum atomic E-state index is -0.275. The van der Waals surface area contributed by atoms with Crippen molar-refractivity contribution in [3.05, 3.63) is 64.6 Å². The fraction of sp³-hybridized carbons (Fsp3) is 0.360. The second kappa shape index (κ2) is 9.52. The van der Waals surface area contributed by atoms with Crippen molar-refractivity contribution in [3.63, 3.8) is 0 Å². The van der Waals surface area contributed by atoms with Gasteiger partial charge in [-0.25, -0.2) is 4.90 Å². The topological polar surface area (TPSA) is 46.6 Å². The van der Waals surface area contributed by atoms with Gasteiger partial charge in [0, 0.05) is 5.25 Å². The number of rotatable bonds is 8. The molecule has 0 unspecified atom stereocenters. The van der Waals surface area contributed by atoms with E-state index in [4.69, 9.17) is 4.74 Å². The van der Waals surface area contributed by atoms with Crippen LogP contribution in [0.3, 0.4) is 0 Å². The zero-order chi connectivity index (χ0) is 21.8. The number of ether oxygens (including phenoxy) is 1. The molecular formula is C25H29NO3S. The Morgan fingerprint density at radius 3 is 2.07 bits per heavy atom. The van der Waals surface area contributed by atoms with Crippen LogP contribution in [0.15, 0.2) is 53.4 Å². The summed E-state index contributed by atoms with van der Waals surface area (Å²) in [6, 6.07) is 15.1. The molecule has 2 aromatic rings. The normalized spacial score (nSPS) is 14.4. The number of nitrogens with zero attached hydrogens (tertiary/aromatic N) is 1. The van der Waals surface area contributed by atoms with Gasteiger partial charge >= 0.3 is 0 Å². The lowest BCUT2D eigenvalue weighted by Gasteiger charge is -2.16. The highest BCUT2D eigenvalue weighted by atomic mass is 32.2. The minimum absolute atomic E-state index is 0.183. The lowest BCUT2D eigenvalue weighted by atomic mass is 10.0. The molecule has 0 bridgehead atoms. The first-order valence-electron chi connectivity index (χ1n) is 10.5. The van der Waals surface area contributed by atoms with E-state index >= 15 is 0 Å². The van der Waals surface area contributed by atoms with E-state index in [0.29, 0.717) is 28.7 Å². The molecule has 0 aromatic heterocycles. The van der Waals surface area contributed by atoms with Crippen molar-refractivity contribution in [2.24, 2.45) is 0 Å². The average Bonchev–Trinajstić information content (AvgIpc) is 2.96. The lowest BCUT2D eigenvalue weighted by molar-refractivity contribution is -0.119. The standard InChI is InChI=1S/C25H29NO3S/c1-6-15-29-21-13-9-19(10-14-21)22-23(30-17(4)5)25(28)26(24(22)27)20-11-7-18(8-12-20)16(2)3/h7-14,16-17H,6,15H2,1-5H3. The summed E-state index contributed by atoms with van der Waals surface area (Å²) >= 11 is 1.44. The second-order valence-electron chi connectivity index (χ2n) is 7.94. The zero-order valence-corrected chi connectivity index (χ0v) is 19.1. The van der Waals surface area contributed by atoms with Gasteiger partial charge < -0.3 is 4.74 Å². The molecule has 0 aliphatic carbocycles. The maximum Gasteiger partial charge on any atom is 0.272 e. The summed E-state index contributed by atoms with van der Waals surface area (Å²) in [4.78, 5) is 28.5. The van der Waals surface area contributed by atoms with Gasteiger partial charge in [-0.1, -0.05) is 58.9 Å². The van der Waals surface area contributed by atoms with Gasteiger partial charge in [0.05, 0.1) is 22.8 Å². The van der Waals surface area contributed by atoms with Crippen LogP contribution in [-0.4, -0.2) is 23.7 Å². The predicted molar refractivity (Wildman–Crippen MR) is 125 cm³/mol. The Bertz CT molecular complexity index is 943. The molecule has 0 atom stereocenters. The molecule has 1 aliphatic rings. The number of hydrogen-bond donors (Lipinski definition) is 0. The summed E-state index contributed by atoms with van der Waals surface area (Å²) in [6.07, 6.45) is 0.930. The second-order valence-corrected chi connectivity index (χ2v) is 9.52. The van der Waals surface area contributed by atoms with Gasteiger partial charge in [0.15, 0.2) is 0 Å². The van der Waals surface area contributed by atoms with Gasteiger partial charge in [-0.3, -0.25) is 9.59 Å². The van der Waals surface area contributed by atoms with Crippen LogP contribution < -0.4 is 9.64 Å². The van der Waals surface area contributed by atoms with E-state index in [-0.39, 0.29) is 17.1 Å². The largest absolute Gasteiger partial charge is 0.494 e. The molecule has 2 aromatic carbocycles. The zero-order valence-electron chi connectivity index (χ0n) is 18.3. The quantitative estimate of drug-likeness (QED) is 0.487. The number of amides is 2. The Morgan fingerprint density at radius 1 is 0.900 bits per heavy atom. The summed E-state index contributed by atoms with van der Waals surface area (Å²) in [5.41, 5.74) is 2.98. The number of thioether (sulfide) groups is 1. The van der Waals surface area contributed by atoms with E-state index in [2.05, 4.69) is 20.8 Å². The third kappa shape index (κ3) is 4.62. The number of anilines is 1. The molecule has 0 radical (unpaired) electrons. The molecule has 0 saturated carbocycles. The SMILES string of the molecule is CCCOc1ccc(C2=C(SC(C)C)C(=O)N(c3ccc(C(C)C)cc3)C2=O)cc1. The van der Waals surface area contributed by atoms with Gasteiger partial charge in [0.25, 0.3) is 11.8 Å². The number of hydrogen-bond acceptors (Lipinski definition) is 4. The van der Waals surface area contributed by atoms with E-state index in [1.54, 1.807) is 0 Å². The number of benzene rings is 2. The highest BCUT2D eigenvalue weighted by molar-refractivity contribution is 8.04. The summed E-state index contributed by atoms with van der Waals surface area (Å²) in [6.45, 7) is 11.0. The fourth-order valence-corrected chi connectivity index (χ4v) is 4.28. The highest BCUT2D eigenvalue weighted by Gasteiger charge is 2.40. The van der Waals surface area contributed by atoms with Gasteiger partial charge in [-0.15, -0.1) is 11.8 Å². The molecule has 1 heterocycles. The smallest absolute Gasteiger partial charge is 0.272 e. The van der Waals surface area contributed by atoms with Crippen molar-refractivity contribution in [1.29, 1.82) is 0 Å². The Labute approximate surface area is 183 Å². The van der Waals surface area contributed by atoms with E-state index in [1.807, 2.05) is 62.4 Å². The molecule has 0 spiro atoms. The summed E-state index contributed by atoms with van der Waals surface area (Å²) in [5, 5.41) is 0.183. The minimum Gasteiger partial charge on any atom is -0.494 e. The molecular weight excluding hydrogens is 394 g/mol. The first kappa shape index (κ1) is 22.2. The molecule has 158 valence electrons. The molecule has 2 amide bonds. The van der Waals surface area contributed by atoms with Crippen LogP contribution in [0.5, 0.6) is 5.75 Å². The van der Waals surface area contributed by atoms with E-state index < -0.39 is 0 Å². The van der Waals surface area contributed by atoms with Crippen LogP contribution in [0.2, 0.25) is 0 Å². The van der Waals surface area contributed by atoms with Gasteiger partial charge in [0.2, 0.25) is 0 Å². The first-order chi connectivity index (χ1) is 14.3. The first-order valence-corrected chi connectivity index (χ1v) is 11.3. The number of carbonyl (C=O) groups is 2. The Kier molecular flexibility index (Phi) is 7.03. The van der Waals surface area contributed by atoms with E-state index in [0.717, 1.165) is 17.7 Å². The lowest BCUT2D eigenvalue weighted by Crippen LogP contribution is -2.31. The maximum absolute atomic E-state index is 13.4. The third-order valence-corrected chi connectivity index (χ3v) is 5.91. The third-order valence-electron chi connectivity index (χ3n) is 4.83. The monoisotopic (exact) mass is 423 g/mol.